The summed E-state index contributed by atoms with van der Waals surface area (Å²) in [6.07, 6.45) is 2.03. The molecule has 0 unspecified atom stereocenters. The molecule has 13 heavy (non-hydrogen) atoms. The molecule has 0 aromatic heterocycles. The molecular weight excluding hydrogens is 180 g/mol. The van der Waals surface area contributed by atoms with E-state index in [-0.39, 0.29) is 5.41 Å². The molecule has 0 saturated carbocycles. The van der Waals surface area contributed by atoms with E-state index in [2.05, 4.69) is 20.8 Å². The average molecular weight is 196 g/mol. The SMILES string of the molecule is CSc1cc(O)ccc1C(C)(C)C. The van der Waals surface area contributed by atoms with E-state index < -0.39 is 0 Å². The summed E-state index contributed by atoms with van der Waals surface area (Å²) >= 11 is 1.68. The van der Waals surface area contributed by atoms with Crippen LogP contribution in [0.1, 0.15) is 26.3 Å². The first-order chi connectivity index (χ1) is 5.95. The van der Waals surface area contributed by atoms with Crippen LogP contribution in [0.3, 0.4) is 0 Å². The molecule has 0 bridgehead atoms. The minimum absolute atomic E-state index is 0.145. The van der Waals surface area contributed by atoms with Crippen molar-refractivity contribution in [2.75, 3.05) is 6.26 Å². The molecule has 1 N–H and O–H groups in total. The zero-order chi connectivity index (χ0) is 10.1. The number of phenolic OH excluding ortho intramolecular Hbond substituents is 1. The summed E-state index contributed by atoms with van der Waals surface area (Å²) in [4.78, 5) is 1.16. The second kappa shape index (κ2) is 3.62. The van der Waals surface area contributed by atoms with Crippen molar-refractivity contribution in [2.45, 2.75) is 31.1 Å². The summed E-state index contributed by atoms with van der Waals surface area (Å²) < 4.78 is 0. The van der Waals surface area contributed by atoms with E-state index >= 15 is 0 Å². The van der Waals surface area contributed by atoms with Gasteiger partial charge in [-0.05, 0) is 29.4 Å². The first-order valence-electron chi connectivity index (χ1n) is 4.32. The minimum atomic E-state index is 0.145. The van der Waals surface area contributed by atoms with Gasteiger partial charge in [-0.2, -0.15) is 0 Å². The Morgan fingerprint density at radius 2 is 1.85 bits per heavy atom. The second-order valence-electron chi connectivity index (χ2n) is 4.13. The molecular formula is C11H16OS. The normalized spacial score (nSPS) is 11.7. The second-order valence-corrected chi connectivity index (χ2v) is 4.98. The van der Waals surface area contributed by atoms with E-state index in [9.17, 15) is 5.11 Å². The van der Waals surface area contributed by atoms with Gasteiger partial charge < -0.3 is 5.11 Å². The Morgan fingerprint density at radius 3 is 2.31 bits per heavy atom. The van der Waals surface area contributed by atoms with Crippen molar-refractivity contribution in [3.05, 3.63) is 23.8 Å². The summed E-state index contributed by atoms with van der Waals surface area (Å²) in [5.41, 5.74) is 1.43. The molecule has 1 rings (SSSR count). The topological polar surface area (TPSA) is 20.2 Å². The predicted molar refractivity (Wildman–Crippen MR) is 58.6 cm³/mol. The van der Waals surface area contributed by atoms with Crippen LogP contribution >= 0.6 is 11.8 Å². The zero-order valence-electron chi connectivity index (χ0n) is 8.59. The van der Waals surface area contributed by atoms with Crippen LogP contribution in [0.4, 0.5) is 0 Å². The molecule has 0 fully saturated rings. The van der Waals surface area contributed by atoms with Crippen molar-refractivity contribution in [1.82, 2.24) is 0 Å². The van der Waals surface area contributed by atoms with E-state index in [1.165, 1.54) is 5.56 Å². The standard InChI is InChI=1S/C11H16OS/c1-11(2,3)9-6-5-8(12)7-10(9)13-4/h5-7,12H,1-4H3. The molecule has 0 saturated heterocycles. The monoisotopic (exact) mass is 196 g/mol. The highest BCUT2D eigenvalue weighted by atomic mass is 32.2. The molecule has 0 atom stereocenters. The lowest BCUT2D eigenvalue weighted by atomic mass is 9.87. The minimum Gasteiger partial charge on any atom is -0.508 e. The molecule has 0 aliphatic heterocycles. The Morgan fingerprint density at radius 1 is 1.23 bits per heavy atom. The lowest BCUT2D eigenvalue weighted by molar-refractivity contribution is 0.471. The number of thioether (sulfide) groups is 1. The maximum Gasteiger partial charge on any atom is 0.116 e. The molecule has 0 aliphatic carbocycles. The van der Waals surface area contributed by atoms with E-state index in [1.807, 2.05) is 18.4 Å². The summed E-state index contributed by atoms with van der Waals surface area (Å²) in [5, 5.41) is 9.32. The predicted octanol–water partition coefficient (Wildman–Crippen LogP) is 3.41. The fourth-order valence-electron chi connectivity index (χ4n) is 1.30. The molecule has 0 heterocycles. The fourth-order valence-corrected chi connectivity index (χ4v) is 2.13. The molecule has 0 spiro atoms. The van der Waals surface area contributed by atoms with Crippen LogP contribution in [-0.4, -0.2) is 11.4 Å². The van der Waals surface area contributed by atoms with Gasteiger partial charge in [0.2, 0.25) is 0 Å². The molecule has 1 aromatic carbocycles. The molecule has 72 valence electrons. The van der Waals surface area contributed by atoms with Gasteiger partial charge in [0.25, 0.3) is 0 Å². The van der Waals surface area contributed by atoms with E-state index in [4.69, 9.17) is 0 Å². The average Bonchev–Trinajstić information content (AvgIpc) is 2.01. The van der Waals surface area contributed by atoms with Gasteiger partial charge >= 0.3 is 0 Å². The summed E-state index contributed by atoms with van der Waals surface area (Å²) in [5.74, 6) is 0.345. The van der Waals surface area contributed by atoms with Crippen LogP contribution < -0.4 is 0 Å². The molecule has 0 amide bonds. The van der Waals surface area contributed by atoms with Gasteiger partial charge in [-0.1, -0.05) is 26.8 Å². The summed E-state index contributed by atoms with van der Waals surface area (Å²) in [7, 11) is 0. The van der Waals surface area contributed by atoms with Gasteiger partial charge in [0.1, 0.15) is 5.75 Å². The number of hydrogen-bond acceptors (Lipinski definition) is 2. The summed E-state index contributed by atoms with van der Waals surface area (Å²) in [6, 6.07) is 5.58. The van der Waals surface area contributed by atoms with Crippen molar-refractivity contribution in [1.29, 1.82) is 0 Å². The maximum absolute atomic E-state index is 9.32. The number of rotatable bonds is 1. The quantitative estimate of drug-likeness (QED) is 0.695. The van der Waals surface area contributed by atoms with Crippen LogP contribution in [0.2, 0.25) is 0 Å². The Kier molecular flexibility index (Phi) is 2.91. The highest BCUT2D eigenvalue weighted by Crippen LogP contribution is 2.33. The smallest absolute Gasteiger partial charge is 0.116 e. The Hall–Kier alpha value is -0.630. The largest absolute Gasteiger partial charge is 0.508 e. The van der Waals surface area contributed by atoms with E-state index in [1.54, 1.807) is 17.8 Å². The lowest BCUT2D eigenvalue weighted by Gasteiger charge is -2.22. The van der Waals surface area contributed by atoms with E-state index in [0.29, 0.717) is 5.75 Å². The number of aromatic hydroxyl groups is 1. The molecule has 2 heteroatoms. The van der Waals surface area contributed by atoms with Crippen molar-refractivity contribution in [3.8, 4) is 5.75 Å². The van der Waals surface area contributed by atoms with Crippen LogP contribution in [0.25, 0.3) is 0 Å². The molecule has 0 aliphatic rings. The fraction of sp³-hybridized carbons (Fsp3) is 0.455. The Bertz CT molecular complexity index is 299. The van der Waals surface area contributed by atoms with Gasteiger partial charge in [0.15, 0.2) is 0 Å². The van der Waals surface area contributed by atoms with Crippen LogP contribution in [-0.2, 0) is 5.41 Å². The maximum atomic E-state index is 9.32. The first kappa shape index (κ1) is 10.5. The molecule has 0 radical (unpaired) electrons. The number of benzene rings is 1. The highest BCUT2D eigenvalue weighted by molar-refractivity contribution is 7.98. The Balaban J connectivity index is 3.22. The number of phenols is 1. The Labute approximate surface area is 84.2 Å². The molecule has 1 nitrogen and oxygen atoms in total. The van der Waals surface area contributed by atoms with Crippen LogP contribution in [0.5, 0.6) is 5.75 Å². The third-order valence-electron chi connectivity index (χ3n) is 1.99. The number of hydrogen-bond donors (Lipinski definition) is 1. The lowest BCUT2D eigenvalue weighted by Crippen LogP contribution is -2.12. The van der Waals surface area contributed by atoms with Gasteiger partial charge in [0, 0.05) is 4.90 Å². The first-order valence-corrected chi connectivity index (χ1v) is 5.55. The van der Waals surface area contributed by atoms with Gasteiger partial charge in [0.05, 0.1) is 0 Å². The van der Waals surface area contributed by atoms with Crippen molar-refractivity contribution < 1.29 is 5.11 Å². The van der Waals surface area contributed by atoms with Crippen LogP contribution in [0.15, 0.2) is 23.1 Å². The summed E-state index contributed by atoms with van der Waals surface area (Å²) in [6.45, 7) is 6.54. The van der Waals surface area contributed by atoms with Gasteiger partial charge in [-0.15, -0.1) is 11.8 Å². The van der Waals surface area contributed by atoms with Gasteiger partial charge in [-0.3, -0.25) is 0 Å². The van der Waals surface area contributed by atoms with Crippen molar-refractivity contribution in [2.24, 2.45) is 0 Å². The van der Waals surface area contributed by atoms with Gasteiger partial charge in [-0.25, -0.2) is 0 Å². The van der Waals surface area contributed by atoms with Crippen molar-refractivity contribution >= 4 is 11.8 Å². The third kappa shape index (κ3) is 2.41. The molecule has 1 aromatic rings. The van der Waals surface area contributed by atoms with E-state index in [0.717, 1.165) is 4.90 Å². The highest BCUT2D eigenvalue weighted by Gasteiger charge is 2.17. The van der Waals surface area contributed by atoms with Crippen LogP contribution in [0, 0.1) is 0 Å². The van der Waals surface area contributed by atoms with Crippen molar-refractivity contribution in [3.63, 3.8) is 0 Å². The zero-order valence-corrected chi connectivity index (χ0v) is 9.40. The third-order valence-corrected chi connectivity index (χ3v) is 2.77.